The van der Waals surface area contributed by atoms with E-state index in [0.717, 1.165) is 32.4 Å². The molecular weight excluding hydrogens is 424 g/mol. The largest absolute Gasteiger partial charge is 0.491 e. The minimum atomic E-state index is -0.627. The van der Waals surface area contributed by atoms with E-state index in [0.29, 0.717) is 49.4 Å². The van der Waals surface area contributed by atoms with Crippen LogP contribution in [0.1, 0.15) is 31.7 Å². The van der Waals surface area contributed by atoms with Crippen LogP contribution in [0.4, 0.5) is 4.79 Å². The number of unbranched alkanes of at least 4 members (excludes halogenated alkanes) is 1. The van der Waals surface area contributed by atoms with Crippen molar-refractivity contribution in [3.63, 3.8) is 0 Å². The fourth-order valence-electron chi connectivity index (χ4n) is 4.51. The van der Waals surface area contributed by atoms with Crippen LogP contribution in [0, 0.1) is 23.2 Å². The summed E-state index contributed by atoms with van der Waals surface area (Å²) in [6, 6.07) is 8.66. The minimum absolute atomic E-state index is 0.105. The molecule has 0 radical (unpaired) electrons. The van der Waals surface area contributed by atoms with Gasteiger partial charge < -0.3 is 24.8 Å². The van der Waals surface area contributed by atoms with Crippen LogP contribution < -0.4 is 10.1 Å². The molecule has 2 heterocycles. The number of hydrogen-bond acceptors (Lipinski definition) is 7. The number of ether oxygens (including phenoxy) is 2. The molecule has 0 saturated carbocycles. The summed E-state index contributed by atoms with van der Waals surface area (Å²) < 4.78 is 10.7. The second-order valence-electron chi connectivity index (χ2n) is 8.93. The standard InChI is InChI=1S/C24H34N4O5/c1-2-3-8-32-23(30)11-26-24(31)28-14-19-9-20(15-28)13-27(12-19)16-21(29)17-33-22-6-4-18(10-25)5-7-22/h4-7,19-21,29H,2-3,8-9,11-17H2,1H3,(H,26,31). The van der Waals surface area contributed by atoms with Crippen LogP contribution in [0.2, 0.25) is 0 Å². The molecule has 2 aliphatic heterocycles. The first kappa shape index (κ1) is 24.8. The first-order valence-electron chi connectivity index (χ1n) is 11.7. The number of nitriles is 1. The van der Waals surface area contributed by atoms with E-state index in [2.05, 4.69) is 16.3 Å². The molecule has 2 bridgehead atoms. The number of fused-ring (bicyclic) bond motifs is 2. The zero-order chi connectivity index (χ0) is 23.6. The molecule has 0 aromatic heterocycles. The molecule has 0 aliphatic carbocycles. The number of aliphatic hydroxyl groups is 1. The molecule has 9 heteroatoms. The molecule has 180 valence electrons. The van der Waals surface area contributed by atoms with E-state index in [1.807, 2.05) is 6.92 Å². The highest BCUT2D eigenvalue weighted by Gasteiger charge is 2.36. The average molecular weight is 459 g/mol. The normalized spacial score (nSPS) is 21.1. The first-order chi connectivity index (χ1) is 16.0. The van der Waals surface area contributed by atoms with Crippen LogP contribution in [0.5, 0.6) is 5.75 Å². The van der Waals surface area contributed by atoms with Gasteiger partial charge in [-0.15, -0.1) is 0 Å². The van der Waals surface area contributed by atoms with Gasteiger partial charge in [-0.25, -0.2) is 4.79 Å². The van der Waals surface area contributed by atoms with Gasteiger partial charge in [-0.05, 0) is 48.9 Å². The molecule has 1 aromatic rings. The summed E-state index contributed by atoms with van der Waals surface area (Å²) in [7, 11) is 0. The predicted octanol–water partition coefficient (Wildman–Crippen LogP) is 1.60. The van der Waals surface area contributed by atoms with Gasteiger partial charge >= 0.3 is 12.0 Å². The average Bonchev–Trinajstić information content (AvgIpc) is 2.81. The Morgan fingerprint density at radius 1 is 1.21 bits per heavy atom. The van der Waals surface area contributed by atoms with Crippen molar-refractivity contribution in [3.8, 4) is 11.8 Å². The van der Waals surface area contributed by atoms with E-state index in [-0.39, 0.29) is 19.2 Å². The quantitative estimate of drug-likeness (QED) is 0.404. The van der Waals surface area contributed by atoms with E-state index >= 15 is 0 Å². The van der Waals surface area contributed by atoms with Crippen LogP contribution >= 0.6 is 0 Å². The number of β-amino-alcohol motifs (C(OH)–C–C–N with tert-alkyl or cyclic N) is 1. The maximum absolute atomic E-state index is 12.5. The highest BCUT2D eigenvalue weighted by Crippen LogP contribution is 2.28. The Kier molecular flexibility index (Phi) is 9.34. The van der Waals surface area contributed by atoms with Crippen molar-refractivity contribution >= 4 is 12.0 Å². The third-order valence-corrected chi connectivity index (χ3v) is 5.98. The van der Waals surface area contributed by atoms with Gasteiger partial charge in [0.15, 0.2) is 0 Å². The number of carbonyl (C=O) groups excluding carboxylic acids is 2. The van der Waals surface area contributed by atoms with E-state index in [1.165, 1.54) is 0 Å². The summed E-state index contributed by atoms with van der Waals surface area (Å²) in [5, 5.41) is 22.0. The number of nitrogens with one attached hydrogen (secondary N) is 1. The third kappa shape index (κ3) is 7.91. The van der Waals surface area contributed by atoms with Gasteiger partial charge in [-0.2, -0.15) is 5.26 Å². The van der Waals surface area contributed by atoms with Crippen molar-refractivity contribution in [1.82, 2.24) is 15.1 Å². The highest BCUT2D eigenvalue weighted by molar-refractivity contribution is 5.80. The number of benzene rings is 1. The van der Waals surface area contributed by atoms with Gasteiger partial charge in [-0.1, -0.05) is 13.3 Å². The number of nitrogens with zero attached hydrogens (tertiary/aromatic N) is 3. The highest BCUT2D eigenvalue weighted by atomic mass is 16.5. The van der Waals surface area contributed by atoms with Crippen LogP contribution in [0.25, 0.3) is 0 Å². The van der Waals surface area contributed by atoms with Gasteiger partial charge in [0.1, 0.15) is 25.0 Å². The number of esters is 1. The molecule has 2 amide bonds. The lowest BCUT2D eigenvalue weighted by Gasteiger charge is -2.46. The van der Waals surface area contributed by atoms with E-state index in [1.54, 1.807) is 29.2 Å². The maximum atomic E-state index is 12.5. The molecule has 3 atom stereocenters. The topological polar surface area (TPSA) is 115 Å². The fraction of sp³-hybridized carbons (Fsp3) is 0.625. The lowest BCUT2D eigenvalue weighted by molar-refractivity contribution is -0.142. The molecule has 9 nitrogen and oxygen atoms in total. The number of piperidine rings is 2. The Balaban J connectivity index is 1.37. The van der Waals surface area contributed by atoms with Crippen LogP contribution in [0.15, 0.2) is 24.3 Å². The number of amides is 2. The monoisotopic (exact) mass is 458 g/mol. The van der Waals surface area contributed by atoms with Gasteiger partial charge in [-0.3, -0.25) is 9.69 Å². The van der Waals surface area contributed by atoms with Gasteiger partial charge in [0.2, 0.25) is 0 Å². The third-order valence-electron chi connectivity index (χ3n) is 5.98. The molecule has 1 aromatic carbocycles. The summed E-state index contributed by atoms with van der Waals surface area (Å²) in [6.45, 7) is 5.91. The number of rotatable bonds is 10. The number of aliphatic hydroxyl groups excluding tert-OH is 1. The summed E-state index contributed by atoms with van der Waals surface area (Å²) in [6.07, 6.45) is 2.21. The first-order valence-corrected chi connectivity index (χ1v) is 11.7. The molecule has 2 aliphatic rings. The van der Waals surface area contributed by atoms with E-state index in [4.69, 9.17) is 14.7 Å². The number of urea groups is 1. The van der Waals surface area contributed by atoms with Crippen LogP contribution in [-0.4, -0.2) is 85.5 Å². The van der Waals surface area contributed by atoms with Crippen molar-refractivity contribution < 1.29 is 24.2 Å². The molecule has 2 N–H and O–H groups in total. The fourth-order valence-corrected chi connectivity index (χ4v) is 4.51. The van der Waals surface area contributed by atoms with Crippen molar-refractivity contribution in [3.05, 3.63) is 29.8 Å². The number of carbonyl (C=O) groups is 2. The van der Waals surface area contributed by atoms with E-state index in [9.17, 15) is 14.7 Å². The van der Waals surface area contributed by atoms with Crippen LogP contribution in [-0.2, 0) is 9.53 Å². The zero-order valence-electron chi connectivity index (χ0n) is 19.2. The second-order valence-corrected chi connectivity index (χ2v) is 8.93. The summed E-state index contributed by atoms with van der Waals surface area (Å²) in [5.74, 6) is 0.898. The Hall–Kier alpha value is -2.83. The molecule has 3 rings (SSSR count). The number of hydrogen-bond donors (Lipinski definition) is 2. The van der Waals surface area contributed by atoms with E-state index < -0.39 is 12.1 Å². The Labute approximate surface area is 195 Å². The Morgan fingerprint density at radius 3 is 2.55 bits per heavy atom. The lowest BCUT2D eigenvalue weighted by Crippen LogP contribution is -2.57. The Morgan fingerprint density at radius 2 is 1.91 bits per heavy atom. The predicted molar refractivity (Wildman–Crippen MR) is 122 cm³/mol. The summed E-state index contributed by atoms with van der Waals surface area (Å²) in [4.78, 5) is 28.2. The zero-order valence-corrected chi connectivity index (χ0v) is 19.2. The van der Waals surface area contributed by atoms with Gasteiger partial charge in [0.05, 0.1) is 18.2 Å². The molecule has 0 spiro atoms. The SMILES string of the molecule is CCCCOC(=O)CNC(=O)N1CC2CC(CN(CC(O)COc3ccc(C#N)cc3)C2)C1. The summed E-state index contributed by atoms with van der Waals surface area (Å²) >= 11 is 0. The minimum Gasteiger partial charge on any atom is -0.491 e. The Bertz CT molecular complexity index is 811. The van der Waals surface area contributed by atoms with Crippen LogP contribution in [0.3, 0.4) is 0 Å². The molecule has 3 unspecified atom stereocenters. The van der Waals surface area contributed by atoms with Gasteiger partial charge in [0, 0.05) is 32.7 Å². The smallest absolute Gasteiger partial charge is 0.325 e. The number of likely N-dealkylation sites (tertiary alicyclic amines) is 2. The molecule has 2 saturated heterocycles. The van der Waals surface area contributed by atoms with Crippen molar-refractivity contribution in [2.45, 2.75) is 32.3 Å². The molecule has 33 heavy (non-hydrogen) atoms. The maximum Gasteiger partial charge on any atom is 0.325 e. The summed E-state index contributed by atoms with van der Waals surface area (Å²) in [5.41, 5.74) is 0.567. The second kappa shape index (κ2) is 12.4. The van der Waals surface area contributed by atoms with Crippen molar-refractivity contribution in [2.24, 2.45) is 11.8 Å². The molecular formula is C24H34N4O5. The van der Waals surface area contributed by atoms with Crippen molar-refractivity contribution in [2.75, 3.05) is 52.5 Å². The molecule has 2 fully saturated rings. The van der Waals surface area contributed by atoms with Crippen molar-refractivity contribution in [1.29, 1.82) is 5.26 Å². The van der Waals surface area contributed by atoms with Gasteiger partial charge in [0.25, 0.3) is 0 Å². The lowest BCUT2D eigenvalue weighted by atomic mass is 9.84.